The van der Waals surface area contributed by atoms with E-state index in [1.54, 1.807) is 0 Å². The molecule has 1 amide bonds. The molecule has 3 nitrogen and oxygen atoms in total. The van der Waals surface area contributed by atoms with E-state index in [-0.39, 0.29) is 0 Å². The van der Waals surface area contributed by atoms with Crippen LogP contribution in [0.2, 0.25) is 0 Å². The van der Waals surface area contributed by atoms with E-state index in [9.17, 15) is 4.79 Å². The number of carbonyl (C=O) groups is 1. The number of nitrogens with one attached hydrogen (secondary N) is 1. The van der Waals surface area contributed by atoms with Gasteiger partial charge in [0.25, 0.3) is 0 Å². The van der Waals surface area contributed by atoms with Crippen molar-refractivity contribution in [3.8, 4) is 0 Å². The van der Waals surface area contributed by atoms with E-state index < -0.39 is 0 Å². The van der Waals surface area contributed by atoms with Gasteiger partial charge in [-0.3, -0.25) is 9.69 Å². The van der Waals surface area contributed by atoms with Crippen molar-refractivity contribution in [3.63, 3.8) is 0 Å². The highest BCUT2D eigenvalue weighted by Crippen LogP contribution is 2.28. The van der Waals surface area contributed by atoms with Crippen LogP contribution >= 0.6 is 0 Å². The number of carbonyl (C=O) groups excluding carboxylic acids is 1. The van der Waals surface area contributed by atoms with Crippen LogP contribution in [-0.4, -0.2) is 30.4 Å². The summed E-state index contributed by atoms with van der Waals surface area (Å²) in [5, 5.41) is 2.74. The number of hydrogen-bond donors (Lipinski definition) is 1. The zero-order valence-electron chi connectivity index (χ0n) is 12.0. The summed E-state index contributed by atoms with van der Waals surface area (Å²) in [6, 6.07) is 6.93. The van der Waals surface area contributed by atoms with E-state index in [2.05, 4.69) is 36.2 Å². The number of hydrogen-bond acceptors (Lipinski definition) is 2. The molecule has 1 unspecified atom stereocenters. The first-order valence-corrected chi connectivity index (χ1v) is 7.34. The van der Waals surface area contributed by atoms with Crippen molar-refractivity contribution in [1.29, 1.82) is 0 Å². The van der Waals surface area contributed by atoms with E-state index in [0.29, 0.717) is 6.04 Å². The summed E-state index contributed by atoms with van der Waals surface area (Å²) in [6.07, 6.45) is 5.44. The van der Waals surface area contributed by atoms with Crippen LogP contribution in [0.15, 0.2) is 18.2 Å². The minimum absolute atomic E-state index is 0.640. The molecular weight excluding hydrogens is 236 g/mol. The molecule has 0 fully saturated rings. The Kier molecular flexibility index (Phi) is 4.97. The molecule has 1 aliphatic carbocycles. The van der Waals surface area contributed by atoms with Gasteiger partial charge in [-0.15, -0.1) is 0 Å². The average Bonchev–Trinajstić information content (AvgIpc) is 2.82. The van der Waals surface area contributed by atoms with Crippen LogP contribution in [-0.2, 0) is 17.6 Å². The highest BCUT2D eigenvalue weighted by atomic mass is 16.1. The Bertz CT molecular complexity index is 425. The van der Waals surface area contributed by atoms with E-state index >= 15 is 0 Å². The van der Waals surface area contributed by atoms with Crippen molar-refractivity contribution in [1.82, 2.24) is 4.90 Å². The molecule has 0 aliphatic heterocycles. The number of anilines is 1. The summed E-state index contributed by atoms with van der Waals surface area (Å²) in [7, 11) is 0. The van der Waals surface area contributed by atoms with E-state index in [1.165, 1.54) is 37.1 Å². The van der Waals surface area contributed by atoms with Gasteiger partial charge in [-0.1, -0.05) is 19.9 Å². The van der Waals surface area contributed by atoms with Crippen molar-refractivity contribution in [2.45, 2.75) is 45.6 Å². The Labute approximate surface area is 116 Å². The quantitative estimate of drug-likeness (QED) is 0.765. The fraction of sp³-hybridized carbons (Fsp3) is 0.562. The Morgan fingerprint density at radius 3 is 2.53 bits per heavy atom. The second kappa shape index (κ2) is 6.71. The third kappa shape index (κ3) is 3.35. The van der Waals surface area contributed by atoms with Crippen LogP contribution < -0.4 is 5.32 Å². The molecule has 104 valence electrons. The maximum absolute atomic E-state index is 10.5. The van der Waals surface area contributed by atoms with Gasteiger partial charge in [0, 0.05) is 11.7 Å². The van der Waals surface area contributed by atoms with Crippen LogP contribution in [0.5, 0.6) is 0 Å². The molecule has 2 rings (SSSR count). The zero-order valence-corrected chi connectivity index (χ0v) is 12.0. The molecular formula is C16H24N2O. The molecule has 0 aromatic heterocycles. The molecule has 0 radical (unpaired) electrons. The van der Waals surface area contributed by atoms with Gasteiger partial charge in [0.15, 0.2) is 0 Å². The van der Waals surface area contributed by atoms with Crippen LogP contribution in [0, 0.1) is 0 Å². The maximum Gasteiger partial charge on any atom is 0.211 e. The minimum Gasteiger partial charge on any atom is -0.329 e. The molecule has 1 aliphatic rings. The molecule has 0 heterocycles. The van der Waals surface area contributed by atoms with Crippen LogP contribution in [0.4, 0.5) is 5.69 Å². The summed E-state index contributed by atoms with van der Waals surface area (Å²) < 4.78 is 0. The highest BCUT2D eigenvalue weighted by Gasteiger charge is 2.25. The van der Waals surface area contributed by atoms with Gasteiger partial charge in [0.2, 0.25) is 6.41 Å². The van der Waals surface area contributed by atoms with Crippen molar-refractivity contribution in [2.24, 2.45) is 0 Å². The average molecular weight is 260 g/mol. The Morgan fingerprint density at radius 1 is 1.21 bits per heavy atom. The number of benzene rings is 1. The number of fused-ring (bicyclic) bond motifs is 1. The third-order valence-corrected chi connectivity index (χ3v) is 3.88. The molecule has 1 atom stereocenters. The lowest BCUT2D eigenvalue weighted by Gasteiger charge is -2.27. The second-order valence-corrected chi connectivity index (χ2v) is 5.34. The summed E-state index contributed by atoms with van der Waals surface area (Å²) in [5.74, 6) is 0. The molecule has 0 saturated heterocycles. The lowest BCUT2D eigenvalue weighted by molar-refractivity contribution is -0.105. The first-order chi connectivity index (χ1) is 9.28. The van der Waals surface area contributed by atoms with E-state index in [4.69, 9.17) is 0 Å². The summed E-state index contributed by atoms with van der Waals surface area (Å²) >= 11 is 0. The molecule has 0 spiro atoms. The normalized spacial score (nSPS) is 17.5. The first-order valence-electron chi connectivity index (χ1n) is 7.34. The van der Waals surface area contributed by atoms with Crippen molar-refractivity contribution >= 4 is 12.1 Å². The van der Waals surface area contributed by atoms with Crippen molar-refractivity contribution in [2.75, 3.05) is 18.4 Å². The summed E-state index contributed by atoms with van der Waals surface area (Å²) in [5.41, 5.74) is 3.75. The summed E-state index contributed by atoms with van der Waals surface area (Å²) in [4.78, 5) is 13.1. The molecule has 1 N–H and O–H groups in total. The van der Waals surface area contributed by atoms with Gasteiger partial charge in [0.1, 0.15) is 0 Å². The van der Waals surface area contributed by atoms with Gasteiger partial charge in [0.05, 0.1) is 0 Å². The number of amides is 1. The Balaban J connectivity index is 2.07. The standard InChI is InChI=1S/C16H24N2O/c1-3-7-18(8-4-2)16-10-13-5-6-15(17-12-19)9-14(13)11-16/h5-6,9,12,16H,3-4,7-8,10-11H2,1-2H3,(H,17,19). The molecule has 1 aromatic carbocycles. The highest BCUT2D eigenvalue weighted by molar-refractivity contribution is 5.71. The molecule has 3 heteroatoms. The molecule has 1 aromatic rings. The summed E-state index contributed by atoms with van der Waals surface area (Å²) in [6.45, 7) is 6.87. The second-order valence-electron chi connectivity index (χ2n) is 5.34. The van der Waals surface area contributed by atoms with Gasteiger partial charge in [-0.25, -0.2) is 0 Å². The zero-order chi connectivity index (χ0) is 13.7. The SMILES string of the molecule is CCCN(CCC)C1Cc2ccc(NC=O)cc2C1. The Morgan fingerprint density at radius 2 is 1.89 bits per heavy atom. The minimum atomic E-state index is 0.640. The largest absolute Gasteiger partial charge is 0.329 e. The van der Waals surface area contributed by atoms with Crippen LogP contribution in [0.1, 0.15) is 37.8 Å². The van der Waals surface area contributed by atoms with Gasteiger partial charge < -0.3 is 5.32 Å². The van der Waals surface area contributed by atoms with Gasteiger partial charge >= 0.3 is 0 Å². The Hall–Kier alpha value is -1.35. The molecule has 0 saturated carbocycles. The smallest absolute Gasteiger partial charge is 0.211 e. The predicted molar refractivity (Wildman–Crippen MR) is 79.5 cm³/mol. The first kappa shape index (κ1) is 14.1. The van der Waals surface area contributed by atoms with Gasteiger partial charge in [-0.05, 0) is 62.0 Å². The predicted octanol–water partition coefficient (Wildman–Crippen LogP) is 2.84. The van der Waals surface area contributed by atoms with Gasteiger partial charge in [-0.2, -0.15) is 0 Å². The van der Waals surface area contributed by atoms with E-state index in [1.807, 2.05) is 6.07 Å². The number of nitrogens with zero attached hydrogens (tertiary/aromatic N) is 1. The van der Waals surface area contributed by atoms with E-state index in [0.717, 1.165) is 24.9 Å². The fourth-order valence-corrected chi connectivity index (χ4v) is 3.06. The van der Waals surface area contributed by atoms with Crippen LogP contribution in [0.3, 0.4) is 0 Å². The monoisotopic (exact) mass is 260 g/mol. The maximum atomic E-state index is 10.5. The number of rotatable bonds is 7. The lowest BCUT2D eigenvalue weighted by atomic mass is 10.1. The topological polar surface area (TPSA) is 32.3 Å². The van der Waals surface area contributed by atoms with Crippen molar-refractivity contribution in [3.05, 3.63) is 29.3 Å². The third-order valence-electron chi connectivity index (χ3n) is 3.88. The molecule has 0 bridgehead atoms. The molecule has 19 heavy (non-hydrogen) atoms. The lowest BCUT2D eigenvalue weighted by Crippen LogP contribution is -2.37. The van der Waals surface area contributed by atoms with Crippen LogP contribution in [0.25, 0.3) is 0 Å². The van der Waals surface area contributed by atoms with Crippen molar-refractivity contribution < 1.29 is 4.79 Å². The fourth-order valence-electron chi connectivity index (χ4n) is 3.06.